The van der Waals surface area contributed by atoms with Crippen molar-refractivity contribution in [1.29, 1.82) is 0 Å². The third-order valence-corrected chi connectivity index (χ3v) is 3.61. The second kappa shape index (κ2) is 10.7. The van der Waals surface area contributed by atoms with Gasteiger partial charge >= 0.3 is 0 Å². The molecule has 0 saturated heterocycles. The predicted octanol–water partition coefficient (Wildman–Crippen LogP) is 2.57. The Kier molecular flexibility index (Phi) is 8.90. The molecule has 1 atom stereocenters. The quantitative estimate of drug-likeness (QED) is 0.506. The molecule has 0 aliphatic heterocycles. The molecular formula is C19H32N4O. The molecule has 0 fully saturated rings. The molecule has 1 unspecified atom stereocenters. The highest BCUT2D eigenvalue weighted by Gasteiger charge is 2.07. The number of nitrogens with one attached hydrogen (secondary N) is 3. The van der Waals surface area contributed by atoms with Crippen LogP contribution in [0.3, 0.4) is 0 Å². The van der Waals surface area contributed by atoms with E-state index in [9.17, 15) is 4.79 Å². The molecule has 134 valence electrons. The Labute approximate surface area is 146 Å². The van der Waals surface area contributed by atoms with Gasteiger partial charge in [-0.15, -0.1) is 0 Å². The largest absolute Gasteiger partial charge is 0.357 e. The second-order valence-corrected chi connectivity index (χ2v) is 6.43. The third-order valence-electron chi connectivity index (χ3n) is 3.61. The van der Waals surface area contributed by atoms with Crippen molar-refractivity contribution in [2.24, 2.45) is 4.99 Å². The molecule has 0 spiro atoms. The van der Waals surface area contributed by atoms with Gasteiger partial charge in [0, 0.05) is 38.0 Å². The molecule has 24 heavy (non-hydrogen) atoms. The summed E-state index contributed by atoms with van der Waals surface area (Å²) in [5, 5.41) is 9.32. The summed E-state index contributed by atoms with van der Waals surface area (Å²) >= 11 is 0. The van der Waals surface area contributed by atoms with E-state index < -0.39 is 0 Å². The van der Waals surface area contributed by atoms with Crippen LogP contribution in [0.2, 0.25) is 0 Å². The molecule has 0 radical (unpaired) electrons. The van der Waals surface area contributed by atoms with Gasteiger partial charge in [0.15, 0.2) is 5.96 Å². The lowest BCUT2D eigenvalue weighted by atomic mass is 10.0. The first-order valence-electron chi connectivity index (χ1n) is 8.80. The van der Waals surface area contributed by atoms with Gasteiger partial charge in [-0.05, 0) is 33.3 Å². The van der Waals surface area contributed by atoms with Crippen LogP contribution < -0.4 is 16.0 Å². The number of guanidine groups is 1. The van der Waals surface area contributed by atoms with Crippen molar-refractivity contribution in [3.8, 4) is 0 Å². The molecule has 0 bridgehead atoms. The Bertz CT molecular complexity index is 523. The van der Waals surface area contributed by atoms with Crippen LogP contribution in [-0.2, 0) is 4.79 Å². The lowest BCUT2D eigenvalue weighted by molar-refractivity contribution is -0.121. The first-order chi connectivity index (χ1) is 11.4. The van der Waals surface area contributed by atoms with Crippen molar-refractivity contribution in [2.45, 2.75) is 53.0 Å². The number of amides is 1. The van der Waals surface area contributed by atoms with Crippen molar-refractivity contribution in [3.63, 3.8) is 0 Å². The number of aryl methyl sites for hydroxylation is 1. The number of carbonyl (C=O) groups is 1. The van der Waals surface area contributed by atoms with Crippen molar-refractivity contribution < 1.29 is 4.79 Å². The van der Waals surface area contributed by atoms with Gasteiger partial charge in [0.25, 0.3) is 0 Å². The van der Waals surface area contributed by atoms with Crippen LogP contribution in [0.5, 0.6) is 0 Å². The maximum atomic E-state index is 11.7. The molecule has 1 rings (SSSR count). The van der Waals surface area contributed by atoms with Crippen LogP contribution in [0.25, 0.3) is 0 Å². The van der Waals surface area contributed by atoms with Gasteiger partial charge in [-0.3, -0.25) is 9.79 Å². The van der Waals surface area contributed by atoms with Crippen molar-refractivity contribution in [2.75, 3.05) is 19.6 Å². The summed E-state index contributed by atoms with van der Waals surface area (Å²) in [7, 11) is 0. The van der Waals surface area contributed by atoms with Crippen molar-refractivity contribution in [3.05, 3.63) is 35.4 Å². The van der Waals surface area contributed by atoms with E-state index in [4.69, 9.17) is 0 Å². The summed E-state index contributed by atoms with van der Waals surface area (Å²) in [6.45, 7) is 12.3. The zero-order chi connectivity index (χ0) is 17.9. The molecule has 3 N–H and O–H groups in total. The highest BCUT2D eigenvalue weighted by Crippen LogP contribution is 2.15. The van der Waals surface area contributed by atoms with E-state index in [2.05, 4.69) is 59.1 Å². The van der Waals surface area contributed by atoms with Crippen molar-refractivity contribution in [1.82, 2.24) is 16.0 Å². The van der Waals surface area contributed by atoms with E-state index >= 15 is 0 Å². The zero-order valence-corrected chi connectivity index (χ0v) is 15.6. The van der Waals surface area contributed by atoms with Crippen LogP contribution in [-0.4, -0.2) is 37.5 Å². The topological polar surface area (TPSA) is 65.5 Å². The van der Waals surface area contributed by atoms with Gasteiger partial charge in [0.1, 0.15) is 0 Å². The van der Waals surface area contributed by atoms with E-state index in [0.717, 1.165) is 12.5 Å². The molecular weight excluding hydrogens is 300 g/mol. The van der Waals surface area contributed by atoms with Crippen LogP contribution >= 0.6 is 0 Å². The lowest BCUT2D eigenvalue weighted by Crippen LogP contribution is -2.40. The maximum Gasteiger partial charge on any atom is 0.221 e. The summed E-state index contributed by atoms with van der Waals surface area (Å²) in [5.74, 6) is 1.17. The fourth-order valence-corrected chi connectivity index (χ4v) is 2.26. The predicted molar refractivity (Wildman–Crippen MR) is 101 cm³/mol. The Balaban J connectivity index is 2.49. The number of benzene rings is 1. The van der Waals surface area contributed by atoms with Crippen LogP contribution in [0.4, 0.5) is 0 Å². The molecule has 5 heteroatoms. The molecule has 0 aromatic heterocycles. The van der Waals surface area contributed by atoms with Crippen LogP contribution in [0.15, 0.2) is 29.3 Å². The van der Waals surface area contributed by atoms with E-state index in [-0.39, 0.29) is 11.9 Å². The zero-order valence-electron chi connectivity index (χ0n) is 15.6. The minimum Gasteiger partial charge on any atom is -0.357 e. The molecule has 5 nitrogen and oxygen atoms in total. The van der Waals surface area contributed by atoms with E-state index in [1.165, 1.54) is 11.1 Å². The second-order valence-electron chi connectivity index (χ2n) is 6.43. The van der Waals surface area contributed by atoms with Gasteiger partial charge in [-0.2, -0.15) is 0 Å². The Morgan fingerprint density at radius 2 is 1.79 bits per heavy atom. The number of nitrogens with zero attached hydrogens (tertiary/aromatic N) is 1. The lowest BCUT2D eigenvalue weighted by Gasteiger charge is -2.14. The van der Waals surface area contributed by atoms with E-state index in [1.807, 2.05) is 20.8 Å². The Hall–Kier alpha value is -2.04. The summed E-state index contributed by atoms with van der Waals surface area (Å²) in [5.41, 5.74) is 2.56. The molecule has 0 aliphatic rings. The number of hydrogen-bond acceptors (Lipinski definition) is 2. The van der Waals surface area contributed by atoms with E-state index in [0.29, 0.717) is 25.4 Å². The number of rotatable bonds is 8. The summed E-state index contributed by atoms with van der Waals surface area (Å²) < 4.78 is 0. The highest BCUT2D eigenvalue weighted by molar-refractivity contribution is 5.81. The first-order valence-corrected chi connectivity index (χ1v) is 8.80. The average Bonchev–Trinajstić information content (AvgIpc) is 2.52. The summed E-state index contributed by atoms with van der Waals surface area (Å²) in [4.78, 5) is 16.3. The smallest absolute Gasteiger partial charge is 0.221 e. The van der Waals surface area contributed by atoms with Gasteiger partial charge in [0.05, 0.1) is 0 Å². The maximum absolute atomic E-state index is 11.7. The molecule has 0 saturated carbocycles. The number of aliphatic imine (C=N–C) groups is 1. The van der Waals surface area contributed by atoms with E-state index in [1.54, 1.807) is 0 Å². The molecule has 0 heterocycles. The monoisotopic (exact) mass is 332 g/mol. The standard InChI is InChI=1S/C19H32N4O/c1-6-20-19(21-12-11-18(24)23-14(2)3)22-13-16(5)17-9-7-15(4)8-10-17/h7-10,14,16H,6,11-13H2,1-5H3,(H,23,24)(H2,20,21,22). The normalized spacial score (nSPS) is 12.8. The Morgan fingerprint density at radius 1 is 1.12 bits per heavy atom. The molecule has 1 amide bonds. The number of hydrogen-bond donors (Lipinski definition) is 3. The van der Waals surface area contributed by atoms with Gasteiger partial charge in [-0.1, -0.05) is 36.8 Å². The number of carbonyl (C=O) groups excluding carboxylic acids is 1. The van der Waals surface area contributed by atoms with Crippen molar-refractivity contribution >= 4 is 11.9 Å². The van der Waals surface area contributed by atoms with Gasteiger partial charge < -0.3 is 16.0 Å². The fraction of sp³-hybridized carbons (Fsp3) is 0.579. The Morgan fingerprint density at radius 3 is 2.38 bits per heavy atom. The fourth-order valence-electron chi connectivity index (χ4n) is 2.26. The third kappa shape index (κ3) is 7.99. The highest BCUT2D eigenvalue weighted by atomic mass is 16.1. The van der Waals surface area contributed by atoms with Crippen LogP contribution in [0.1, 0.15) is 51.2 Å². The minimum absolute atomic E-state index is 0.0568. The SMILES string of the molecule is CCNC(=NCC(C)c1ccc(C)cc1)NCCC(=O)NC(C)C. The molecule has 0 aliphatic carbocycles. The van der Waals surface area contributed by atoms with Gasteiger partial charge in [0.2, 0.25) is 5.91 Å². The first kappa shape index (κ1) is 20.0. The van der Waals surface area contributed by atoms with Gasteiger partial charge in [-0.25, -0.2) is 0 Å². The molecule has 1 aromatic rings. The molecule has 1 aromatic carbocycles. The summed E-state index contributed by atoms with van der Waals surface area (Å²) in [6, 6.07) is 8.76. The minimum atomic E-state index is 0.0568. The van der Waals surface area contributed by atoms with Crippen LogP contribution in [0, 0.1) is 6.92 Å². The average molecular weight is 332 g/mol. The summed E-state index contributed by atoms with van der Waals surface area (Å²) in [6.07, 6.45) is 0.441.